The van der Waals surface area contributed by atoms with Gasteiger partial charge in [0.15, 0.2) is 9.84 Å². The number of β-amino-alcohol motifs (C(OH)–C–C–N with tert-alkyl or cyclic N) is 1. The van der Waals surface area contributed by atoms with E-state index in [2.05, 4.69) is 4.90 Å². The molecule has 2 aliphatic heterocycles. The smallest absolute Gasteiger partial charge is 0.151 e. The van der Waals surface area contributed by atoms with E-state index < -0.39 is 9.84 Å². The van der Waals surface area contributed by atoms with Crippen molar-refractivity contribution in [3.05, 3.63) is 0 Å². The van der Waals surface area contributed by atoms with Crippen molar-refractivity contribution in [1.29, 1.82) is 0 Å². The molecule has 2 heterocycles. The number of likely N-dealkylation sites (tertiary alicyclic amines) is 1. The largest absolute Gasteiger partial charge is 0.392 e. The van der Waals surface area contributed by atoms with Crippen LogP contribution in [0.1, 0.15) is 12.8 Å². The van der Waals surface area contributed by atoms with Gasteiger partial charge in [0.25, 0.3) is 0 Å². The van der Waals surface area contributed by atoms with Crippen LogP contribution in [-0.4, -0.2) is 55.2 Å². The van der Waals surface area contributed by atoms with E-state index >= 15 is 0 Å². The van der Waals surface area contributed by atoms with E-state index in [9.17, 15) is 13.5 Å². The summed E-state index contributed by atoms with van der Waals surface area (Å²) in [5.74, 6) is 0.615. The molecule has 5 heteroatoms. The molecular weight excluding hydrogens is 190 g/mol. The lowest BCUT2D eigenvalue weighted by Crippen LogP contribution is -2.34. The molecule has 4 nitrogen and oxygen atoms in total. The van der Waals surface area contributed by atoms with E-state index in [1.807, 2.05) is 0 Å². The number of nitrogens with zero attached hydrogens (tertiary/aromatic N) is 1. The first kappa shape index (κ1) is 9.43. The molecule has 2 saturated heterocycles. The van der Waals surface area contributed by atoms with Gasteiger partial charge in [0.1, 0.15) is 0 Å². The van der Waals surface area contributed by atoms with Crippen molar-refractivity contribution in [2.24, 2.45) is 0 Å². The molecule has 0 amide bonds. The van der Waals surface area contributed by atoms with Crippen LogP contribution in [0.2, 0.25) is 0 Å². The lowest BCUT2D eigenvalue weighted by molar-refractivity contribution is 0.164. The first-order valence-electron chi connectivity index (χ1n) is 4.69. The molecule has 0 spiro atoms. The minimum absolute atomic E-state index is 0.169. The predicted molar refractivity (Wildman–Crippen MR) is 49.3 cm³/mol. The molecule has 0 aromatic carbocycles. The van der Waals surface area contributed by atoms with Crippen molar-refractivity contribution in [2.45, 2.75) is 25.0 Å². The molecule has 0 saturated carbocycles. The lowest BCUT2D eigenvalue weighted by Gasteiger charge is -2.21. The summed E-state index contributed by atoms with van der Waals surface area (Å²) >= 11 is 0. The van der Waals surface area contributed by atoms with Gasteiger partial charge in [-0.2, -0.15) is 0 Å². The van der Waals surface area contributed by atoms with Gasteiger partial charge >= 0.3 is 0 Å². The van der Waals surface area contributed by atoms with Crippen LogP contribution in [0.3, 0.4) is 0 Å². The van der Waals surface area contributed by atoms with Gasteiger partial charge in [-0.1, -0.05) is 0 Å². The van der Waals surface area contributed by atoms with Gasteiger partial charge < -0.3 is 5.11 Å². The van der Waals surface area contributed by atoms with Crippen LogP contribution >= 0.6 is 0 Å². The van der Waals surface area contributed by atoms with Gasteiger partial charge in [-0.15, -0.1) is 0 Å². The zero-order valence-electron chi connectivity index (χ0n) is 7.52. The van der Waals surface area contributed by atoms with E-state index in [4.69, 9.17) is 0 Å². The summed E-state index contributed by atoms with van der Waals surface area (Å²) in [4.78, 5) is 2.11. The molecule has 1 N–H and O–H groups in total. The molecule has 2 unspecified atom stereocenters. The molecule has 2 aliphatic rings. The number of rotatable bonds is 1. The molecule has 2 fully saturated rings. The zero-order valence-corrected chi connectivity index (χ0v) is 8.33. The maximum atomic E-state index is 11.2. The average Bonchev–Trinajstić information content (AvgIpc) is 2.56. The van der Waals surface area contributed by atoms with Crippen molar-refractivity contribution < 1.29 is 13.5 Å². The Morgan fingerprint density at radius 3 is 2.54 bits per heavy atom. The molecule has 13 heavy (non-hydrogen) atoms. The van der Waals surface area contributed by atoms with E-state index in [1.54, 1.807) is 0 Å². The van der Waals surface area contributed by atoms with Crippen LogP contribution < -0.4 is 0 Å². The molecule has 0 aromatic heterocycles. The van der Waals surface area contributed by atoms with E-state index in [0.717, 1.165) is 19.4 Å². The fraction of sp³-hybridized carbons (Fsp3) is 1.00. The van der Waals surface area contributed by atoms with Crippen molar-refractivity contribution >= 4 is 9.84 Å². The highest BCUT2D eigenvalue weighted by atomic mass is 32.2. The monoisotopic (exact) mass is 205 g/mol. The van der Waals surface area contributed by atoms with Gasteiger partial charge in [-0.25, -0.2) is 8.42 Å². The zero-order chi connectivity index (χ0) is 9.47. The number of aliphatic hydroxyl groups excluding tert-OH is 1. The second kappa shape index (κ2) is 3.22. The Bertz CT molecular complexity index is 288. The summed E-state index contributed by atoms with van der Waals surface area (Å²) in [6.07, 6.45) is 1.29. The SMILES string of the molecule is O=S1(=O)CCC(N2CCC(O)C2)C1. The third-order valence-electron chi connectivity index (χ3n) is 2.92. The number of sulfone groups is 1. The molecule has 2 atom stereocenters. The summed E-state index contributed by atoms with van der Waals surface area (Å²) in [6.45, 7) is 1.50. The van der Waals surface area contributed by atoms with E-state index in [0.29, 0.717) is 18.1 Å². The quantitative estimate of drug-likeness (QED) is 0.611. The Labute approximate surface area is 78.5 Å². The molecule has 76 valence electrons. The highest BCUT2D eigenvalue weighted by Crippen LogP contribution is 2.21. The van der Waals surface area contributed by atoms with Crippen LogP contribution in [0.25, 0.3) is 0 Å². The Hall–Kier alpha value is -0.130. The summed E-state index contributed by atoms with van der Waals surface area (Å²) in [5, 5.41) is 9.30. The van der Waals surface area contributed by atoms with E-state index in [1.165, 1.54) is 0 Å². The van der Waals surface area contributed by atoms with Crippen molar-refractivity contribution in [1.82, 2.24) is 4.90 Å². The normalized spacial score (nSPS) is 39.8. The van der Waals surface area contributed by atoms with Crippen LogP contribution in [0.4, 0.5) is 0 Å². The number of aliphatic hydroxyl groups is 1. The van der Waals surface area contributed by atoms with Gasteiger partial charge in [-0.3, -0.25) is 4.90 Å². The van der Waals surface area contributed by atoms with Gasteiger partial charge in [0.2, 0.25) is 0 Å². The molecular formula is C8H15NO3S. The van der Waals surface area contributed by atoms with E-state index in [-0.39, 0.29) is 12.1 Å². The molecule has 0 aromatic rings. The number of hydrogen-bond donors (Lipinski definition) is 1. The average molecular weight is 205 g/mol. The lowest BCUT2D eigenvalue weighted by atomic mass is 10.2. The molecule has 2 rings (SSSR count). The van der Waals surface area contributed by atoms with Crippen molar-refractivity contribution in [2.75, 3.05) is 24.6 Å². The Morgan fingerprint density at radius 2 is 2.08 bits per heavy atom. The van der Waals surface area contributed by atoms with Gasteiger partial charge in [0.05, 0.1) is 17.6 Å². The maximum Gasteiger partial charge on any atom is 0.151 e. The van der Waals surface area contributed by atoms with Crippen LogP contribution in [0.5, 0.6) is 0 Å². The Balaban J connectivity index is 1.97. The summed E-state index contributed by atoms with van der Waals surface area (Å²) < 4.78 is 22.4. The minimum atomic E-state index is -2.77. The predicted octanol–water partition coefficient (Wildman–Crippen LogP) is -0.760. The van der Waals surface area contributed by atoms with Crippen LogP contribution in [0.15, 0.2) is 0 Å². The van der Waals surface area contributed by atoms with Gasteiger partial charge in [-0.05, 0) is 12.8 Å². The first-order valence-corrected chi connectivity index (χ1v) is 6.51. The van der Waals surface area contributed by atoms with Crippen molar-refractivity contribution in [3.63, 3.8) is 0 Å². The molecule has 0 radical (unpaired) electrons. The first-order chi connectivity index (χ1) is 6.07. The second-order valence-corrected chi connectivity index (χ2v) is 6.22. The molecule has 0 bridgehead atoms. The fourth-order valence-corrected chi connectivity index (χ4v) is 3.92. The van der Waals surface area contributed by atoms with Crippen LogP contribution in [-0.2, 0) is 9.84 Å². The third-order valence-corrected chi connectivity index (χ3v) is 4.67. The topological polar surface area (TPSA) is 57.6 Å². The van der Waals surface area contributed by atoms with Crippen LogP contribution in [0, 0.1) is 0 Å². The third kappa shape index (κ3) is 2.03. The summed E-state index contributed by atoms with van der Waals surface area (Å²) in [5.41, 5.74) is 0. The fourth-order valence-electron chi connectivity index (χ4n) is 2.16. The molecule has 0 aliphatic carbocycles. The van der Waals surface area contributed by atoms with Crippen molar-refractivity contribution in [3.8, 4) is 0 Å². The Kier molecular flexibility index (Phi) is 2.33. The summed E-state index contributed by atoms with van der Waals surface area (Å²) in [6, 6.07) is 0.169. The highest BCUT2D eigenvalue weighted by molar-refractivity contribution is 7.91. The number of hydrogen-bond acceptors (Lipinski definition) is 4. The standard InChI is InChI=1S/C8H15NO3S/c10-8-1-3-9(5-8)7-2-4-13(11,12)6-7/h7-8,10H,1-6H2. The Morgan fingerprint density at radius 1 is 1.31 bits per heavy atom. The minimum Gasteiger partial charge on any atom is -0.392 e. The second-order valence-electron chi connectivity index (χ2n) is 3.99. The van der Waals surface area contributed by atoms with Gasteiger partial charge in [0, 0.05) is 19.1 Å². The summed E-state index contributed by atoms with van der Waals surface area (Å²) in [7, 11) is -2.77. The maximum absolute atomic E-state index is 11.2. The highest BCUT2D eigenvalue weighted by Gasteiger charge is 2.35.